The molecule has 0 aliphatic heterocycles. The van der Waals surface area contributed by atoms with Crippen molar-refractivity contribution in [1.82, 2.24) is 4.98 Å². The summed E-state index contributed by atoms with van der Waals surface area (Å²) in [5.41, 5.74) is 2.12. The molecule has 0 radical (unpaired) electrons. The highest BCUT2D eigenvalue weighted by Crippen LogP contribution is 2.25. The van der Waals surface area contributed by atoms with E-state index in [-0.39, 0.29) is 5.97 Å². The highest BCUT2D eigenvalue weighted by atomic mass is 16.5. The van der Waals surface area contributed by atoms with Gasteiger partial charge in [-0.2, -0.15) is 0 Å². The van der Waals surface area contributed by atoms with Crippen LogP contribution in [0, 0.1) is 0 Å². The van der Waals surface area contributed by atoms with Crippen molar-refractivity contribution in [3.8, 4) is 11.3 Å². The largest absolute Gasteiger partial charge is 0.461 e. The van der Waals surface area contributed by atoms with E-state index in [0.717, 1.165) is 22.0 Å². The van der Waals surface area contributed by atoms with Crippen LogP contribution in [0.25, 0.3) is 22.0 Å². The molecule has 0 aliphatic rings. The van der Waals surface area contributed by atoms with Gasteiger partial charge in [0.15, 0.2) is 5.69 Å². The van der Waals surface area contributed by atoms with Gasteiger partial charge < -0.3 is 4.74 Å². The highest BCUT2D eigenvalue weighted by molar-refractivity contribution is 6.03. The fourth-order valence-electron chi connectivity index (χ4n) is 2.31. The van der Waals surface area contributed by atoms with Crippen molar-refractivity contribution in [1.29, 1.82) is 0 Å². The Bertz CT molecular complexity index is 782. The van der Waals surface area contributed by atoms with Crippen molar-refractivity contribution in [2.75, 3.05) is 6.61 Å². The Hall–Kier alpha value is -2.68. The Morgan fingerprint density at radius 1 is 1.05 bits per heavy atom. The summed E-state index contributed by atoms with van der Waals surface area (Å²) in [6.45, 7) is 2.13. The molecule has 0 unspecified atom stereocenters. The van der Waals surface area contributed by atoms with Crippen LogP contribution in [0.1, 0.15) is 17.4 Å². The normalized spacial score (nSPS) is 10.5. The molecule has 0 saturated heterocycles. The van der Waals surface area contributed by atoms with Crippen LogP contribution in [0.4, 0.5) is 0 Å². The van der Waals surface area contributed by atoms with E-state index in [0.29, 0.717) is 12.3 Å². The first-order chi connectivity index (χ1) is 10.3. The highest BCUT2D eigenvalue weighted by Gasteiger charge is 2.15. The number of hydrogen-bond donors (Lipinski definition) is 0. The number of esters is 1. The minimum absolute atomic E-state index is 0.338. The SMILES string of the molecule is CCOC(=O)c1nc(-c2ccccc2)cc2ccccc12. The van der Waals surface area contributed by atoms with E-state index in [1.165, 1.54) is 0 Å². The minimum atomic E-state index is -0.383. The lowest BCUT2D eigenvalue weighted by molar-refractivity contribution is 0.0522. The second kappa shape index (κ2) is 5.75. The summed E-state index contributed by atoms with van der Waals surface area (Å²) in [5.74, 6) is -0.383. The Kier molecular flexibility index (Phi) is 3.65. The van der Waals surface area contributed by atoms with Gasteiger partial charge in [-0.15, -0.1) is 0 Å². The van der Waals surface area contributed by atoms with E-state index in [2.05, 4.69) is 4.98 Å². The summed E-state index contributed by atoms with van der Waals surface area (Å²) < 4.78 is 5.13. The van der Waals surface area contributed by atoms with Gasteiger partial charge in [0, 0.05) is 10.9 Å². The first-order valence-corrected chi connectivity index (χ1v) is 6.92. The third-order valence-corrected chi connectivity index (χ3v) is 3.28. The summed E-state index contributed by atoms with van der Waals surface area (Å²) in [6.07, 6.45) is 0. The van der Waals surface area contributed by atoms with Crippen LogP contribution in [-0.2, 0) is 4.74 Å². The van der Waals surface area contributed by atoms with Crippen LogP contribution in [0.5, 0.6) is 0 Å². The molecular weight excluding hydrogens is 262 g/mol. The van der Waals surface area contributed by atoms with E-state index in [1.54, 1.807) is 6.92 Å². The molecule has 104 valence electrons. The lowest BCUT2D eigenvalue weighted by Crippen LogP contribution is -2.08. The van der Waals surface area contributed by atoms with Gasteiger partial charge in [-0.05, 0) is 18.4 Å². The Morgan fingerprint density at radius 2 is 1.76 bits per heavy atom. The number of hydrogen-bond acceptors (Lipinski definition) is 3. The Balaban J connectivity index is 2.22. The average Bonchev–Trinajstić information content (AvgIpc) is 2.55. The van der Waals surface area contributed by atoms with E-state index >= 15 is 0 Å². The maximum absolute atomic E-state index is 12.2. The number of nitrogens with zero attached hydrogens (tertiary/aromatic N) is 1. The minimum Gasteiger partial charge on any atom is -0.461 e. The van der Waals surface area contributed by atoms with Crippen molar-refractivity contribution in [3.63, 3.8) is 0 Å². The maximum atomic E-state index is 12.2. The summed E-state index contributed by atoms with van der Waals surface area (Å²) >= 11 is 0. The quantitative estimate of drug-likeness (QED) is 0.677. The number of pyridine rings is 1. The number of carbonyl (C=O) groups excluding carboxylic acids is 1. The van der Waals surface area contributed by atoms with Crippen LogP contribution in [0.2, 0.25) is 0 Å². The monoisotopic (exact) mass is 277 g/mol. The van der Waals surface area contributed by atoms with Crippen molar-refractivity contribution in [3.05, 3.63) is 66.4 Å². The molecule has 2 aromatic carbocycles. The fraction of sp³-hybridized carbons (Fsp3) is 0.111. The predicted octanol–water partition coefficient (Wildman–Crippen LogP) is 4.08. The zero-order valence-corrected chi connectivity index (χ0v) is 11.7. The van der Waals surface area contributed by atoms with Crippen LogP contribution in [0.3, 0.4) is 0 Å². The molecule has 1 heterocycles. The summed E-state index contributed by atoms with van der Waals surface area (Å²) in [6, 6.07) is 19.5. The molecule has 21 heavy (non-hydrogen) atoms. The van der Waals surface area contributed by atoms with E-state index in [1.807, 2.05) is 60.7 Å². The van der Waals surface area contributed by atoms with Gasteiger partial charge in [-0.1, -0.05) is 54.6 Å². The second-order valence-corrected chi connectivity index (χ2v) is 4.66. The van der Waals surface area contributed by atoms with Crippen LogP contribution in [-0.4, -0.2) is 17.6 Å². The summed E-state index contributed by atoms with van der Waals surface area (Å²) in [4.78, 5) is 16.7. The third kappa shape index (κ3) is 2.63. The first kappa shape index (κ1) is 13.3. The fourth-order valence-corrected chi connectivity index (χ4v) is 2.31. The number of fused-ring (bicyclic) bond motifs is 1. The molecule has 0 fully saturated rings. The van der Waals surface area contributed by atoms with Crippen molar-refractivity contribution in [2.45, 2.75) is 6.92 Å². The lowest BCUT2D eigenvalue weighted by Gasteiger charge is -2.09. The molecule has 0 N–H and O–H groups in total. The van der Waals surface area contributed by atoms with Gasteiger partial charge in [0.25, 0.3) is 0 Å². The van der Waals surface area contributed by atoms with Gasteiger partial charge in [-0.3, -0.25) is 0 Å². The van der Waals surface area contributed by atoms with Crippen molar-refractivity contribution in [2.24, 2.45) is 0 Å². The van der Waals surface area contributed by atoms with Gasteiger partial charge in [0.05, 0.1) is 12.3 Å². The van der Waals surface area contributed by atoms with E-state index < -0.39 is 0 Å². The molecule has 3 nitrogen and oxygen atoms in total. The zero-order chi connectivity index (χ0) is 14.7. The zero-order valence-electron chi connectivity index (χ0n) is 11.7. The Morgan fingerprint density at radius 3 is 2.52 bits per heavy atom. The molecule has 0 saturated carbocycles. The smallest absolute Gasteiger partial charge is 0.357 e. The van der Waals surface area contributed by atoms with Crippen LogP contribution >= 0.6 is 0 Å². The molecular formula is C18H15NO2. The lowest BCUT2D eigenvalue weighted by atomic mass is 10.0. The van der Waals surface area contributed by atoms with E-state index in [4.69, 9.17) is 4.74 Å². The maximum Gasteiger partial charge on any atom is 0.357 e. The van der Waals surface area contributed by atoms with Gasteiger partial charge in [-0.25, -0.2) is 9.78 Å². The predicted molar refractivity (Wildman–Crippen MR) is 83.1 cm³/mol. The topological polar surface area (TPSA) is 39.2 Å². The molecule has 3 rings (SSSR count). The average molecular weight is 277 g/mol. The van der Waals surface area contributed by atoms with E-state index in [9.17, 15) is 4.79 Å². The van der Waals surface area contributed by atoms with Crippen LogP contribution < -0.4 is 0 Å². The molecule has 0 amide bonds. The van der Waals surface area contributed by atoms with Crippen LogP contribution in [0.15, 0.2) is 60.7 Å². The van der Waals surface area contributed by atoms with Crippen molar-refractivity contribution < 1.29 is 9.53 Å². The molecule has 0 aliphatic carbocycles. The number of benzene rings is 2. The molecule has 1 aromatic heterocycles. The van der Waals surface area contributed by atoms with Gasteiger partial charge in [0.1, 0.15) is 0 Å². The standard InChI is InChI=1S/C18H15NO2/c1-2-21-18(20)17-15-11-7-6-10-14(15)12-16(19-17)13-8-4-3-5-9-13/h3-12H,2H2,1H3. The molecule has 0 spiro atoms. The van der Waals surface area contributed by atoms with Gasteiger partial charge >= 0.3 is 5.97 Å². The van der Waals surface area contributed by atoms with Gasteiger partial charge in [0.2, 0.25) is 0 Å². The number of rotatable bonds is 3. The number of carbonyl (C=O) groups is 1. The second-order valence-electron chi connectivity index (χ2n) is 4.66. The molecule has 3 aromatic rings. The third-order valence-electron chi connectivity index (χ3n) is 3.28. The summed E-state index contributed by atoms with van der Waals surface area (Å²) in [7, 11) is 0. The molecule has 0 atom stereocenters. The number of aromatic nitrogens is 1. The number of ether oxygens (including phenoxy) is 1. The summed E-state index contributed by atoms with van der Waals surface area (Å²) in [5, 5.41) is 1.80. The Labute approximate surface area is 123 Å². The first-order valence-electron chi connectivity index (χ1n) is 6.92. The molecule has 3 heteroatoms. The van der Waals surface area contributed by atoms with Crippen molar-refractivity contribution >= 4 is 16.7 Å². The molecule has 0 bridgehead atoms.